The number of rotatable bonds is 8. The molecule has 2 N–H and O–H groups in total. The van der Waals surface area contributed by atoms with Crippen molar-refractivity contribution in [1.29, 1.82) is 0 Å². The zero-order valence-electron chi connectivity index (χ0n) is 15.0. The molecule has 0 unspecified atom stereocenters. The number of phenolic OH excluding ortho intramolecular Hbond substituents is 2. The molecule has 2 rings (SSSR count). The maximum Gasteiger partial charge on any atom is 0.120 e. The summed E-state index contributed by atoms with van der Waals surface area (Å²) in [4.78, 5) is 2.28. The van der Waals surface area contributed by atoms with E-state index in [1.54, 1.807) is 12.1 Å². The Morgan fingerprint density at radius 1 is 0.750 bits per heavy atom. The molecule has 0 heterocycles. The van der Waals surface area contributed by atoms with E-state index >= 15 is 0 Å². The summed E-state index contributed by atoms with van der Waals surface area (Å²) in [6.07, 6.45) is 2.95. The van der Waals surface area contributed by atoms with Crippen LogP contribution in [0.4, 0.5) is 0 Å². The fourth-order valence-electron chi connectivity index (χ4n) is 2.98. The Kier molecular flexibility index (Phi) is 6.68. The first kappa shape index (κ1) is 18.3. The van der Waals surface area contributed by atoms with Crippen molar-refractivity contribution in [1.82, 2.24) is 4.90 Å². The third-order valence-electron chi connectivity index (χ3n) is 4.43. The van der Waals surface area contributed by atoms with Gasteiger partial charge in [0, 0.05) is 24.2 Å². The Labute approximate surface area is 145 Å². The van der Waals surface area contributed by atoms with Crippen LogP contribution in [0.25, 0.3) is 0 Å². The summed E-state index contributed by atoms with van der Waals surface area (Å²) in [6, 6.07) is 11.7. The highest BCUT2D eigenvalue weighted by molar-refractivity contribution is 5.38. The maximum absolute atomic E-state index is 10.2. The Hall–Kier alpha value is -2.00. The minimum absolute atomic E-state index is 0.347. The average Bonchev–Trinajstić information content (AvgIpc) is 2.59. The first-order valence-electron chi connectivity index (χ1n) is 8.91. The standard InChI is InChI=1S/C21H29NO2/c1-4-11-22(14-18-12-16(5-2)7-9-20(18)23)15-19-13-17(6-3)8-10-21(19)24/h7-10,12-13,23-24H,4-6,11,14-15H2,1-3H3. The van der Waals surface area contributed by atoms with E-state index in [4.69, 9.17) is 0 Å². The van der Waals surface area contributed by atoms with E-state index in [0.29, 0.717) is 24.6 Å². The molecule has 2 aromatic rings. The highest BCUT2D eigenvalue weighted by Crippen LogP contribution is 2.25. The van der Waals surface area contributed by atoms with Crippen LogP contribution in [0.5, 0.6) is 11.5 Å². The van der Waals surface area contributed by atoms with E-state index in [-0.39, 0.29) is 0 Å². The highest BCUT2D eigenvalue weighted by Gasteiger charge is 2.12. The molecule has 130 valence electrons. The lowest BCUT2D eigenvalue weighted by molar-refractivity contribution is 0.250. The minimum atomic E-state index is 0.347. The molecule has 0 aliphatic rings. The highest BCUT2D eigenvalue weighted by atomic mass is 16.3. The molecule has 0 bridgehead atoms. The Balaban J connectivity index is 2.21. The number of phenols is 2. The van der Waals surface area contributed by atoms with Crippen molar-refractivity contribution in [3.8, 4) is 11.5 Å². The van der Waals surface area contributed by atoms with Gasteiger partial charge in [0.05, 0.1) is 0 Å². The summed E-state index contributed by atoms with van der Waals surface area (Å²) < 4.78 is 0. The minimum Gasteiger partial charge on any atom is -0.508 e. The predicted molar refractivity (Wildman–Crippen MR) is 99.4 cm³/mol. The summed E-state index contributed by atoms with van der Waals surface area (Å²) in [7, 11) is 0. The molecule has 0 aromatic heterocycles. The van der Waals surface area contributed by atoms with Gasteiger partial charge in [-0.05, 0) is 49.1 Å². The monoisotopic (exact) mass is 327 g/mol. The van der Waals surface area contributed by atoms with Crippen LogP contribution in [-0.2, 0) is 25.9 Å². The number of hydrogen-bond donors (Lipinski definition) is 2. The quantitative estimate of drug-likeness (QED) is 0.742. The van der Waals surface area contributed by atoms with Gasteiger partial charge in [-0.3, -0.25) is 4.90 Å². The van der Waals surface area contributed by atoms with Gasteiger partial charge in [0.15, 0.2) is 0 Å². The Morgan fingerprint density at radius 3 is 1.58 bits per heavy atom. The van der Waals surface area contributed by atoms with Gasteiger partial charge in [-0.15, -0.1) is 0 Å². The van der Waals surface area contributed by atoms with Crippen LogP contribution in [0.1, 0.15) is 49.4 Å². The summed E-state index contributed by atoms with van der Waals surface area (Å²) >= 11 is 0. The van der Waals surface area contributed by atoms with Crippen LogP contribution in [0.3, 0.4) is 0 Å². The van der Waals surface area contributed by atoms with Gasteiger partial charge in [-0.2, -0.15) is 0 Å². The normalized spacial score (nSPS) is 11.2. The van der Waals surface area contributed by atoms with Gasteiger partial charge in [0.1, 0.15) is 11.5 Å². The molecular formula is C21H29NO2. The molecule has 0 saturated heterocycles. The summed E-state index contributed by atoms with van der Waals surface area (Å²) in [6.45, 7) is 8.68. The number of nitrogens with zero attached hydrogens (tertiary/aromatic N) is 1. The van der Waals surface area contributed by atoms with E-state index in [1.165, 1.54) is 11.1 Å². The van der Waals surface area contributed by atoms with Gasteiger partial charge in [0.2, 0.25) is 0 Å². The molecule has 2 aromatic carbocycles. The van der Waals surface area contributed by atoms with Crippen molar-refractivity contribution in [3.63, 3.8) is 0 Å². The van der Waals surface area contributed by atoms with Crippen LogP contribution < -0.4 is 0 Å². The first-order valence-corrected chi connectivity index (χ1v) is 8.91. The van der Waals surface area contributed by atoms with Gasteiger partial charge in [0.25, 0.3) is 0 Å². The Morgan fingerprint density at radius 2 is 1.21 bits per heavy atom. The van der Waals surface area contributed by atoms with E-state index in [9.17, 15) is 10.2 Å². The molecule has 0 aliphatic heterocycles. The molecule has 0 amide bonds. The van der Waals surface area contributed by atoms with Crippen molar-refractivity contribution >= 4 is 0 Å². The van der Waals surface area contributed by atoms with Crippen LogP contribution in [0.15, 0.2) is 36.4 Å². The molecule has 3 nitrogen and oxygen atoms in total. The van der Waals surface area contributed by atoms with E-state index < -0.39 is 0 Å². The second-order valence-electron chi connectivity index (χ2n) is 6.34. The number of aromatic hydroxyl groups is 2. The molecule has 0 aliphatic carbocycles. The number of aryl methyl sites for hydroxylation is 2. The second-order valence-corrected chi connectivity index (χ2v) is 6.34. The molecule has 0 atom stereocenters. The van der Waals surface area contributed by atoms with Crippen molar-refractivity contribution in [2.24, 2.45) is 0 Å². The van der Waals surface area contributed by atoms with Gasteiger partial charge < -0.3 is 10.2 Å². The largest absolute Gasteiger partial charge is 0.508 e. The third kappa shape index (κ3) is 4.75. The number of hydrogen-bond acceptors (Lipinski definition) is 3. The van der Waals surface area contributed by atoms with Crippen LogP contribution in [-0.4, -0.2) is 21.7 Å². The van der Waals surface area contributed by atoms with Crippen molar-refractivity contribution in [2.75, 3.05) is 6.54 Å². The van der Waals surface area contributed by atoms with E-state index in [2.05, 4.69) is 37.8 Å². The zero-order chi connectivity index (χ0) is 17.5. The van der Waals surface area contributed by atoms with Crippen LogP contribution in [0.2, 0.25) is 0 Å². The molecule has 0 saturated carbocycles. The maximum atomic E-state index is 10.2. The molecular weight excluding hydrogens is 298 g/mol. The van der Waals surface area contributed by atoms with Gasteiger partial charge in [-0.25, -0.2) is 0 Å². The summed E-state index contributed by atoms with van der Waals surface area (Å²) in [5.74, 6) is 0.694. The van der Waals surface area contributed by atoms with Crippen molar-refractivity contribution < 1.29 is 10.2 Å². The lowest BCUT2D eigenvalue weighted by Crippen LogP contribution is -2.24. The SMILES string of the molecule is CCCN(Cc1cc(CC)ccc1O)Cc1cc(CC)ccc1O. The molecule has 0 spiro atoms. The van der Waals surface area contributed by atoms with Gasteiger partial charge in [-0.1, -0.05) is 45.0 Å². The average molecular weight is 327 g/mol. The lowest BCUT2D eigenvalue weighted by Gasteiger charge is -2.23. The molecule has 0 radical (unpaired) electrons. The summed E-state index contributed by atoms with van der Waals surface area (Å²) in [5.41, 5.74) is 4.37. The van der Waals surface area contributed by atoms with Crippen molar-refractivity contribution in [3.05, 3.63) is 58.7 Å². The molecule has 0 fully saturated rings. The third-order valence-corrected chi connectivity index (χ3v) is 4.43. The first-order chi connectivity index (χ1) is 11.6. The molecule has 24 heavy (non-hydrogen) atoms. The van der Waals surface area contributed by atoms with E-state index in [1.807, 2.05) is 12.1 Å². The van der Waals surface area contributed by atoms with Crippen molar-refractivity contribution in [2.45, 2.75) is 53.1 Å². The molecule has 3 heteroatoms. The van der Waals surface area contributed by atoms with Crippen LogP contribution >= 0.6 is 0 Å². The number of benzene rings is 2. The smallest absolute Gasteiger partial charge is 0.120 e. The van der Waals surface area contributed by atoms with Gasteiger partial charge >= 0.3 is 0 Å². The fraction of sp³-hybridized carbons (Fsp3) is 0.429. The second kappa shape index (κ2) is 8.74. The van der Waals surface area contributed by atoms with E-state index in [0.717, 1.165) is 36.9 Å². The summed E-state index contributed by atoms with van der Waals surface area (Å²) in [5, 5.41) is 20.3. The predicted octanol–water partition coefficient (Wildman–Crippen LogP) is 4.63. The lowest BCUT2D eigenvalue weighted by atomic mass is 10.1. The topological polar surface area (TPSA) is 43.7 Å². The van der Waals surface area contributed by atoms with Crippen LogP contribution in [0, 0.1) is 0 Å². The fourth-order valence-corrected chi connectivity index (χ4v) is 2.98. The zero-order valence-corrected chi connectivity index (χ0v) is 15.0. The Bertz CT molecular complexity index is 611.